The number of hydrogen-bond donors (Lipinski definition) is 3. The second kappa shape index (κ2) is 5.98. The largest absolute Gasteiger partial charge is 0.634 e. The topological polar surface area (TPSA) is 72.4 Å². The maximum absolute atomic E-state index is 13.9. The first kappa shape index (κ1) is 15.8. The third-order valence-corrected chi connectivity index (χ3v) is 4.57. The minimum absolute atomic E-state index is 0.120. The van der Waals surface area contributed by atoms with Gasteiger partial charge < -0.3 is 20.6 Å². The molecule has 4 rings (SSSR count). The van der Waals surface area contributed by atoms with Crippen LogP contribution < -0.4 is 10.4 Å². The predicted octanol–water partition coefficient (Wildman–Crippen LogP) is 1.77. The van der Waals surface area contributed by atoms with Crippen LogP contribution in [-0.2, 0) is 13.0 Å². The molecule has 1 amide bonds. The molecule has 0 radical (unpaired) electrons. The summed E-state index contributed by atoms with van der Waals surface area (Å²) in [6, 6.07) is 10.5. The molecule has 0 fully saturated rings. The summed E-state index contributed by atoms with van der Waals surface area (Å²) in [6.45, 7) is 0.922. The van der Waals surface area contributed by atoms with Gasteiger partial charge in [0.25, 0.3) is 5.91 Å². The molecule has 2 aromatic carbocycles. The van der Waals surface area contributed by atoms with Crippen LogP contribution in [0.1, 0.15) is 21.5 Å². The van der Waals surface area contributed by atoms with Gasteiger partial charge in [-0.15, -0.1) is 0 Å². The normalized spacial score (nSPS) is 15.1. The highest BCUT2D eigenvalue weighted by atomic mass is 19.1. The minimum Gasteiger partial charge on any atom is -0.634 e. The molecular formula is C19H18FN3O2. The van der Waals surface area contributed by atoms with E-state index in [1.807, 2.05) is 24.3 Å². The van der Waals surface area contributed by atoms with E-state index in [2.05, 4.69) is 10.3 Å². The smallest absolute Gasteiger partial charge is 0.252 e. The Hall–Kier alpha value is -2.70. The molecule has 25 heavy (non-hydrogen) atoms. The summed E-state index contributed by atoms with van der Waals surface area (Å²) in [5.74, 6) is -0.679. The molecular weight excluding hydrogens is 321 g/mol. The number of aromatic nitrogens is 1. The number of H-pyrrole nitrogens is 1. The van der Waals surface area contributed by atoms with Crippen LogP contribution in [0, 0.1) is 11.0 Å². The van der Waals surface area contributed by atoms with Gasteiger partial charge in [-0.1, -0.05) is 24.3 Å². The van der Waals surface area contributed by atoms with Crippen molar-refractivity contribution in [3.63, 3.8) is 0 Å². The third-order valence-electron chi connectivity index (χ3n) is 4.57. The number of amides is 1. The van der Waals surface area contributed by atoms with E-state index in [-0.39, 0.29) is 11.0 Å². The fraction of sp³-hybridized carbons (Fsp3) is 0.211. The third kappa shape index (κ3) is 2.79. The van der Waals surface area contributed by atoms with Crippen LogP contribution in [0.15, 0.2) is 36.4 Å². The van der Waals surface area contributed by atoms with Gasteiger partial charge in [0, 0.05) is 28.7 Å². The van der Waals surface area contributed by atoms with Gasteiger partial charge >= 0.3 is 0 Å². The summed E-state index contributed by atoms with van der Waals surface area (Å²) in [6.07, 6.45) is 0.675. The number of aromatic amines is 1. The molecule has 0 aliphatic carbocycles. The van der Waals surface area contributed by atoms with Gasteiger partial charge in [0.1, 0.15) is 12.4 Å². The van der Waals surface area contributed by atoms with Crippen molar-refractivity contribution >= 4 is 16.8 Å². The Labute approximate surface area is 144 Å². The summed E-state index contributed by atoms with van der Waals surface area (Å²) < 4.78 is 13.9. The first-order chi connectivity index (χ1) is 12.0. The van der Waals surface area contributed by atoms with Crippen molar-refractivity contribution < 1.29 is 14.2 Å². The Kier molecular flexibility index (Phi) is 3.78. The standard InChI is InChI=1S/C19H18FN3O2/c1-23(25)10-11-2-4-12(5-3-11)18-14-6-7-21-19(24)15-8-13(20)9-16(22-18)17(14)15/h2-5,8-9,22-23H,6-7,10H2,1H3,(H,21,24). The van der Waals surface area contributed by atoms with Gasteiger partial charge in [-0.25, -0.2) is 4.39 Å². The first-order valence-electron chi connectivity index (χ1n) is 8.24. The van der Waals surface area contributed by atoms with Crippen molar-refractivity contribution in [1.82, 2.24) is 10.3 Å². The number of halogens is 1. The lowest BCUT2D eigenvalue weighted by molar-refractivity contribution is -0.840. The molecule has 2 heterocycles. The monoisotopic (exact) mass is 339 g/mol. The highest BCUT2D eigenvalue weighted by molar-refractivity contribution is 6.10. The fourth-order valence-corrected chi connectivity index (χ4v) is 3.51. The number of rotatable bonds is 3. The number of carbonyl (C=O) groups excluding carboxylic acids is 1. The van der Waals surface area contributed by atoms with Crippen LogP contribution in [0.5, 0.6) is 0 Å². The van der Waals surface area contributed by atoms with Gasteiger partial charge in [-0.05, 0) is 29.7 Å². The SMILES string of the molecule is C[NH+]([O-])Cc1ccc(-c2[nH]c3cc(F)cc4c3c2CCNC4=O)cc1. The van der Waals surface area contributed by atoms with Gasteiger partial charge in [-0.2, -0.15) is 0 Å². The highest BCUT2D eigenvalue weighted by Gasteiger charge is 2.23. The van der Waals surface area contributed by atoms with E-state index >= 15 is 0 Å². The van der Waals surface area contributed by atoms with Crippen LogP contribution in [0.2, 0.25) is 0 Å². The molecule has 0 spiro atoms. The molecule has 1 unspecified atom stereocenters. The number of carbonyl (C=O) groups is 1. The lowest BCUT2D eigenvalue weighted by atomic mass is 9.99. The molecule has 128 valence electrons. The van der Waals surface area contributed by atoms with E-state index < -0.39 is 5.82 Å². The predicted molar refractivity (Wildman–Crippen MR) is 93.7 cm³/mol. The average molecular weight is 339 g/mol. The number of hydroxylamine groups is 2. The Morgan fingerprint density at radius 1 is 1.24 bits per heavy atom. The molecule has 1 atom stereocenters. The number of hydrogen-bond acceptors (Lipinski definition) is 2. The molecule has 3 aromatic rings. The van der Waals surface area contributed by atoms with E-state index in [4.69, 9.17) is 0 Å². The molecule has 1 aromatic heterocycles. The summed E-state index contributed by atoms with van der Waals surface area (Å²) >= 11 is 0. The van der Waals surface area contributed by atoms with Gasteiger partial charge in [-0.3, -0.25) is 4.79 Å². The van der Waals surface area contributed by atoms with Crippen LogP contribution >= 0.6 is 0 Å². The van der Waals surface area contributed by atoms with E-state index in [0.717, 1.165) is 27.8 Å². The number of quaternary nitrogens is 1. The van der Waals surface area contributed by atoms with Crippen LogP contribution in [-0.4, -0.2) is 24.5 Å². The lowest BCUT2D eigenvalue weighted by Crippen LogP contribution is -3.02. The summed E-state index contributed by atoms with van der Waals surface area (Å²) in [7, 11) is 1.57. The first-order valence-corrected chi connectivity index (χ1v) is 8.24. The Morgan fingerprint density at radius 3 is 2.72 bits per heavy atom. The molecule has 0 saturated heterocycles. The molecule has 1 aliphatic rings. The number of benzene rings is 2. The minimum atomic E-state index is -0.435. The summed E-state index contributed by atoms with van der Waals surface area (Å²) in [5.41, 5.74) is 4.83. The average Bonchev–Trinajstić information content (AvgIpc) is 2.83. The van der Waals surface area contributed by atoms with Crippen LogP contribution in [0.4, 0.5) is 4.39 Å². The van der Waals surface area contributed by atoms with Crippen LogP contribution in [0.25, 0.3) is 22.2 Å². The zero-order chi connectivity index (χ0) is 17.6. The van der Waals surface area contributed by atoms with E-state index in [0.29, 0.717) is 30.6 Å². The highest BCUT2D eigenvalue weighted by Crippen LogP contribution is 2.34. The summed E-state index contributed by atoms with van der Waals surface area (Å²) in [5, 5.41) is 15.0. The maximum Gasteiger partial charge on any atom is 0.252 e. The van der Waals surface area contributed by atoms with E-state index in [9.17, 15) is 14.4 Å². The van der Waals surface area contributed by atoms with Crippen LogP contribution in [0.3, 0.4) is 0 Å². The summed E-state index contributed by atoms with van der Waals surface area (Å²) in [4.78, 5) is 15.5. The molecule has 0 bridgehead atoms. The van der Waals surface area contributed by atoms with E-state index in [1.54, 1.807) is 7.05 Å². The van der Waals surface area contributed by atoms with Gasteiger partial charge in [0.15, 0.2) is 0 Å². The maximum atomic E-state index is 13.9. The molecule has 6 heteroatoms. The fourth-order valence-electron chi connectivity index (χ4n) is 3.51. The second-order valence-corrected chi connectivity index (χ2v) is 6.44. The zero-order valence-electron chi connectivity index (χ0n) is 13.8. The Morgan fingerprint density at radius 2 is 2.00 bits per heavy atom. The lowest BCUT2D eigenvalue weighted by Gasteiger charge is -2.16. The van der Waals surface area contributed by atoms with Crippen molar-refractivity contribution in [1.29, 1.82) is 0 Å². The quantitative estimate of drug-likeness (QED) is 0.637. The van der Waals surface area contributed by atoms with E-state index in [1.165, 1.54) is 12.1 Å². The Bertz CT molecular complexity index is 961. The van der Waals surface area contributed by atoms with Crippen molar-refractivity contribution in [2.45, 2.75) is 13.0 Å². The van der Waals surface area contributed by atoms with Gasteiger partial charge in [0.05, 0.1) is 12.6 Å². The molecule has 5 nitrogen and oxygen atoms in total. The van der Waals surface area contributed by atoms with Crippen molar-refractivity contribution in [2.24, 2.45) is 0 Å². The molecule has 3 N–H and O–H groups in total. The van der Waals surface area contributed by atoms with Crippen molar-refractivity contribution in [3.8, 4) is 11.3 Å². The second-order valence-electron chi connectivity index (χ2n) is 6.44. The van der Waals surface area contributed by atoms with Crippen molar-refractivity contribution in [3.05, 3.63) is 64.1 Å². The van der Waals surface area contributed by atoms with Gasteiger partial charge in [0.2, 0.25) is 0 Å². The molecule has 1 aliphatic heterocycles. The number of nitrogens with one attached hydrogen (secondary N) is 3. The van der Waals surface area contributed by atoms with Crippen molar-refractivity contribution in [2.75, 3.05) is 13.6 Å². The zero-order valence-corrected chi connectivity index (χ0v) is 13.8. The molecule has 0 saturated carbocycles. The Balaban J connectivity index is 1.86.